The highest BCUT2D eigenvalue weighted by Crippen LogP contribution is 2.13. The van der Waals surface area contributed by atoms with Crippen molar-refractivity contribution in [3.05, 3.63) is 0 Å². The Hall–Kier alpha value is -1.67. The zero-order chi connectivity index (χ0) is 15.5. The Labute approximate surface area is 118 Å². The standard InChI is InChI=1S/C12H25N5O3/c13-6-2-1-4-8(11(19)20)10(18)9(14)5-3-7-17-12(15)16/h8-9H,1-7,13-14H2,(H,19,20)(H4,15,16,17)/t8?,9-/m0/s1. The molecule has 0 aliphatic carbocycles. The molecular formula is C12H25N5O3. The largest absolute Gasteiger partial charge is 0.481 e. The summed E-state index contributed by atoms with van der Waals surface area (Å²) in [6.07, 6.45) is 2.44. The molecule has 0 saturated carbocycles. The van der Waals surface area contributed by atoms with Crippen molar-refractivity contribution in [1.29, 1.82) is 0 Å². The van der Waals surface area contributed by atoms with Crippen LogP contribution in [-0.2, 0) is 9.59 Å². The molecule has 0 aromatic rings. The highest BCUT2D eigenvalue weighted by atomic mass is 16.4. The molecule has 0 aromatic heterocycles. The third kappa shape index (κ3) is 7.70. The van der Waals surface area contributed by atoms with E-state index in [4.69, 9.17) is 28.0 Å². The number of guanidine groups is 1. The second kappa shape index (κ2) is 10.2. The summed E-state index contributed by atoms with van der Waals surface area (Å²) >= 11 is 0. The molecule has 0 spiro atoms. The fraction of sp³-hybridized carbons (Fsp3) is 0.750. The molecule has 8 heteroatoms. The quantitative estimate of drug-likeness (QED) is 0.137. The number of aliphatic imine (C=N–C) groups is 1. The number of hydrogen-bond donors (Lipinski definition) is 5. The summed E-state index contributed by atoms with van der Waals surface area (Å²) in [5.41, 5.74) is 21.4. The van der Waals surface area contributed by atoms with Crippen LogP contribution in [0.4, 0.5) is 0 Å². The van der Waals surface area contributed by atoms with Crippen LogP contribution in [-0.4, -0.2) is 41.9 Å². The molecule has 0 amide bonds. The summed E-state index contributed by atoms with van der Waals surface area (Å²) in [6, 6.07) is -0.803. The molecule has 0 aliphatic heterocycles. The van der Waals surface area contributed by atoms with E-state index in [1.807, 2.05) is 0 Å². The first-order chi connectivity index (χ1) is 9.40. The van der Waals surface area contributed by atoms with E-state index in [1.54, 1.807) is 0 Å². The number of carbonyl (C=O) groups is 2. The van der Waals surface area contributed by atoms with E-state index in [2.05, 4.69) is 4.99 Å². The highest BCUT2D eigenvalue weighted by Gasteiger charge is 2.29. The minimum Gasteiger partial charge on any atom is -0.481 e. The van der Waals surface area contributed by atoms with E-state index in [0.29, 0.717) is 38.8 Å². The molecule has 9 N–H and O–H groups in total. The molecule has 20 heavy (non-hydrogen) atoms. The number of carboxylic acid groups (broad SMARTS) is 1. The predicted octanol–water partition coefficient (Wildman–Crippen LogP) is -1.23. The molecule has 2 atom stereocenters. The van der Waals surface area contributed by atoms with Crippen LogP contribution < -0.4 is 22.9 Å². The number of Topliss-reactive ketones (excluding diaryl/α,β-unsaturated/α-hetero) is 1. The van der Waals surface area contributed by atoms with Crippen LogP contribution >= 0.6 is 0 Å². The van der Waals surface area contributed by atoms with E-state index < -0.39 is 23.7 Å². The zero-order valence-corrected chi connectivity index (χ0v) is 11.6. The van der Waals surface area contributed by atoms with Gasteiger partial charge >= 0.3 is 5.97 Å². The van der Waals surface area contributed by atoms with Crippen molar-refractivity contribution in [2.24, 2.45) is 33.8 Å². The van der Waals surface area contributed by atoms with Crippen molar-refractivity contribution in [3.8, 4) is 0 Å². The first-order valence-corrected chi connectivity index (χ1v) is 6.67. The lowest BCUT2D eigenvalue weighted by Gasteiger charge is -2.16. The summed E-state index contributed by atoms with van der Waals surface area (Å²) in [6.45, 7) is 0.847. The lowest BCUT2D eigenvalue weighted by Crippen LogP contribution is -2.39. The Bertz CT molecular complexity index is 342. The molecule has 0 heterocycles. The number of nitrogens with two attached hydrogens (primary N) is 4. The molecule has 0 aromatic carbocycles. The van der Waals surface area contributed by atoms with Gasteiger partial charge in [-0.3, -0.25) is 14.6 Å². The monoisotopic (exact) mass is 287 g/mol. The number of ketones is 1. The minimum absolute atomic E-state index is 0.0184. The average Bonchev–Trinajstić information content (AvgIpc) is 2.38. The molecule has 1 unspecified atom stereocenters. The number of aliphatic carboxylic acids is 1. The van der Waals surface area contributed by atoms with Crippen LogP contribution in [0.25, 0.3) is 0 Å². The fourth-order valence-electron chi connectivity index (χ4n) is 1.80. The Morgan fingerprint density at radius 2 is 1.75 bits per heavy atom. The number of hydrogen-bond acceptors (Lipinski definition) is 5. The molecular weight excluding hydrogens is 262 g/mol. The highest BCUT2D eigenvalue weighted by molar-refractivity contribution is 6.00. The van der Waals surface area contributed by atoms with Crippen LogP contribution in [0, 0.1) is 5.92 Å². The van der Waals surface area contributed by atoms with E-state index in [9.17, 15) is 9.59 Å². The average molecular weight is 287 g/mol. The van der Waals surface area contributed by atoms with Gasteiger partial charge in [0.25, 0.3) is 0 Å². The number of nitrogens with zero attached hydrogens (tertiary/aromatic N) is 1. The Morgan fingerprint density at radius 3 is 2.25 bits per heavy atom. The number of rotatable bonds is 11. The second-order valence-electron chi connectivity index (χ2n) is 4.63. The minimum atomic E-state index is -1.13. The topological polar surface area (TPSA) is 171 Å². The normalized spacial score (nSPS) is 13.5. The maximum atomic E-state index is 12.0. The van der Waals surface area contributed by atoms with Crippen LogP contribution in [0.15, 0.2) is 4.99 Å². The Morgan fingerprint density at radius 1 is 1.10 bits per heavy atom. The fourth-order valence-corrected chi connectivity index (χ4v) is 1.80. The van der Waals surface area contributed by atoms with Crippen LogP contribution in [0.3, 0.4) is 0 Å². The van der Waals surface area contributed by atoms with Gasteiger partial charge < -0.3 is 28.0 Å². The lowest BCUT2D eigenvalue weighted by molar-refractivity contribution is -0.147. The summed E-state index contributed by atoms with van der Waals surface area (Å²) < 4.78 is 0. The molecule has 0 radical (unpaired) electrons. The third-order valence-corrected chi connectivity index (χ3v) is 2.92. The van der Waals surface area contributed by atoms with E-state index >= 15 is 0 Å². The molecule has 116 valence electrons. The SMILES string of the molecule is NCCCCC(C(=O)O)C(=O)[C@@H](N)CCCN=C(N)N. The lowest BCUT2D eigenvalue weighted by atomic mass is 9.91. The first-order valence-electron chi connectivity index (χ1n) is 6.67. The number of carbonyl (C=O) groups excluding carboxylic acids is 1. The van der Waals surface area contributed by atoms with Gasteiger partial charge in [-0.15, -0.1) is 0 Å². The summed E-state index contributed by atoms with van der Waals surface area (Å²) in [4.78, 5) is 26.9. The Kier molecular flexibility index (Phi) is 9.31. The number of unbranched alkanes of at least 4 members (excludes halogenated alkanes) is 1. The van der Waals surface area contributed by atoms with Crippen molar-refractivity contribution in [2.75, 3.05) is 13.1 Å². The third-order valence-electron chi connectivity index (χ3n) is 2.92. The molecule has 0 bridgehead atoms. The van der Waals surface area contributed by atoms with Gasteiger partial charge in [-0.05, 0) is 32.2 Å². The molecule has 0 rings (SSSR count). The molecule has 8 nitrogen and oxygen atoms in total. The maximum absolute atomic E-state index is 12.0. The van der Waals surface area contributed by atoms with Crippen LogP contribution in [0.2, 0.25) is 0 Å². The van der Waals surface area contributed by atoms with Gasteiger partial charge in [0, 0.05) is 6.54 Å². The van der Waals surface area contributed by atoms with E-state index in [1.165, 1.54) is 0 Å². The van der Waals surface area contributed by atoms with Crippen LogP contribution in [0.1, 0.15) is 32.1 Å². The van der Waals surface area contributed by atoms with Crippen molar-refractivity contribution in [3.63, 3.8) is 0 Å². The van der Waals surface area contributed by atoms with Crippen LogP contribution in [0.5, 0.6) is 0 Å². The molecule has 0 aliphatic rings. The second-order valence-corrected chi connectivity index (χ2v) is 4.63. The van der Waals surface area contributed by atoms with Crippen molar-refractivity contribution in [1.82, 2.24) is 0 Å². The number of carboxylic acids is 1. The van der Waals surface area contributed by atoms with Gasteiger partial charge in [-0.25, -0.2) is 0 Å². The zero-order valence-electron chi connectivity index (χ0n) is 11.6. The van der Waals surface area contributed by atoms with E-state index in [0.717, 1.165) is 0 Å². The Balaban J connectivity index is 4.27. The maximum Gasteiger partial charge on any atom is 0.314 e. The van der Waals surface area contributed by atoms with E-state index in [-0.39, 0.29) is 12.4 Å². The smallest absolute Gasteiger partial charge is 0.314 e. The summed E-state index contributed by atoms with van der Waals surface area (Å²) in [5, 5.41) is 9.07. The van der Waals surface area contributed by atoms with Gasteiger partial charge in [0.2, 0.25) is 0 Å². The van der Waals surface area contributed by atoms with Gasteiger partial charge in [-0.1, -0.05) is 6.42 Å². The van der Waals surface area contributed by atoms with Gasteiger partial charge in [0.1, 0.15) is 5.92 Å². The van der Waals surface area contributed by atoms with Crippen molar-refractivity contribution >= 4 is 17.7 Å². The predicted molar refractivity (Wildman–Crippen MR) is 76.9 cm³/mol. The first kappa shape index (κ1) is 18.3. The van der Waals surface area contributed by atoms with Crippen molar-refractivity contribution in [2.45, 2.75) is 38.1 Å². The van der Waals surface area contributed by atoms with Crippen molar-refractivity contribution < 1.29 is 14.7 Å². The van der Waals surface area contributed by atoms with Gasteiger partial charge in [0.15, 0.2) is 11.7 Å². The summed E-state index contributed by atoms with van der Waals surface area (Å²) in [7, 11) is 0. The summed E-state index contributed by atoms with van der Waals surface area (Å²) in [5.74, 6) is -2.65. The van der Waals surface area contributed by atoms with Gasteiger partial charge in [0.05, 0.1) is 6.04 Å². The molecule has 0 saturated heterocycles. The molecule has 0 fully saturated rings. The van der Waals surface area contributed by atoms with Gasteiger partial charge in [-0.2, -0.15) is 0 Å².